The van der Waals surface area contributed by atoms with Gasteiger partial charge in [0.2, 0.25) is 5.16 Å². The molecule has 0 atom stereocenters. The van der Waals surface area contributed by atoms with Crippen LogP contribution in [0.1, 0.15) is 37.2 Å². The lowest BCUT2D eigenvalue weighted by atomic mass is 10.1. The molecule has 2 N–H and O–H groups in total. The Bertz CT molecular complexity index is 1340. The molecule has 0 bridgehead atoms. The molecule has 3 aromatic carbocycles. The van der Waals surface area contributed by atoms with Crippen LogP contribution in [0.3, 0.4) is 0 Å². The number of aromatic amines is 1. The Morgan fingerprint density at radius 2 is 1.89 bits per heavy atom. The number of carboxylic acids is 1. The van der Waals surface area contributed by atoms with E-state index in [-0.39, 0.29) is 4.91 Å². The molecule has 0 fully saturated rings. The summed E-state index contributed by atoms with van der Waals surface area (Å²) >= 11 is 1.01. The predicted octanol–water partition coefficient (Wildman–Crippen LogP) is 6.11. The minimum atomic E-state index is -1.05. The first kappa shape index (κ1) is 24.3. The van der Waals surface area contributed by atoms with Crippen LogP contribution in [0.15, 0.2) is 70.7 Å². The molecule has 1 aromatic heterocycles. The molecule has 180 valence electrons. The van der Waals surface area contributed by atoms with Gasteiger partial charge in [-0.2, -0.15) is 0 Å². The van der Waals surface area contributed by atoms with Crippen molar-refractivity contribution in [2.24, 2.45) is 0 Å². The van der Waals surface area contributed by atoms with Crippen LogP contribution in [0.25, 0.3) is 16.8 Å². The third-order valence-corrected chi connectivity index (χ3v) is 6.12. The Labute approximate surface area is 208 Å². The molecule has 0 saturated carbocycles. The van der Waals surface area contributed by atoms with Crippen LogP contribution in [0.2, 0.25) is 0 Å². The van der Waals surface area contributed by atoms with E-state index in [2.05, 4.69) is 33.4 Å². The zero-order valence-corrected chi connectivity index (χ0v) is 20.5. The summed E-state index contributed by atoms with van der Waals surface area (Å²) in [4.78, 5) is 16.3. The first-order valence-electron chi connectivity index (χ1n) is 11.5. The van der Waals surface area contributed by atoms with Gasteiger partial charge in [0.05, 0.1) is 6.61 Å². The zero-order valence-electron chi connectivity index (χ0n) is 19.7. The highest BCUT2D eigenvalue weighted by Gasteiger charge is 2.15. The average molecular weight is 490 g/mol. The predicted molar refractivity (Wildman–Crippen MR) is 138 cm³/mol. The summed E-state index contributed by atoms with van der Waals surface area (Å²) in [6, 6.07) is 19.7. The quantitative estimate of drug-likeness (QED) is 0.194. The van der Waals surface area contributed by atoms with Gasteiger partial charge in [0, 0.05) is 6.42 Å². The van der Waals surface area contributed by atoms with E-state index < -0.39 is 5.97 Å². The van der Waals surface area contributed by atoms with Crippen molar-refractivity contribution in [3.8, 4) is 11.5 Å². The molecule has 8 heteroatoms. The molecular formula is C27H27N3O4S. The number of nitrogens with one attached hydrogen (secondary N) is 1. The highest BCUT2D eigenvalue weighted by molar-refractivity contribution is 8.04. The summed E-state index contributed by atoms with van der Waals surface area (Å²) in [5.41, 5.74) is 1.76. The molecule has 0 aliphatic rings. The maximum Gasteiger partial charge on any atom is 0.342 e. The van der Waals surface area contributed by atoms with Crippen molar-refractivity contribution >= 4 is 34.6 Å². The molecular weight excluding hydrogens is 462 g/mol. The minimum absolute atomic E-state index is 0.110. The largest absolute Gasteiger partial charge is 0.490 e. The first-order chi connectivity index (χ1) is 17.1. The molecule has 35 heavy (non-hydrogen) atoms. The van der Waals surface area contributed by atoms with Gasteiger partial charge in [0.15, 0.2) is 11.5 Å². The molecule has 4 aromatic rings. The van der Waals surface area contributed by atoms with E-state index >= 15 is 0 Å². The number of hydrogen-bond acceptors (Lipinski definition) is 6. The Morgan fingerprint density at radius 1 is 1.06 bits per heavy atom. The summed E-state index contributed by atoms with van der Waals surface area (Å²) in [5, 5.41) is 19.4. The molecule has 0 radical (unpaired) electrons. The molecule has 0 spiro atoms. The Balaban J connectivity index is 1.55. The van der Waals surface area contributed by atoms with Crippen molar-refractivity contribution < 1.29 is 19.4 Å². The van der Waals surface area contributed by atoms with Crippen LogP contribution in [-0.2, 0) is 17.8 Å². The van der Waals surface area contributed by atoms with Gasteiger partial charge < -0.3 is 14.6 Å². The van der Waals surface area contributed by atoms with Gasteiger partial charge >= 0.3 is 5.97 Å². The summed E-state index contributed by atoms with van der Waals surface area (Å²) in [6.45, 7) is 4.78. The third kappa shape index (κ3) is 6.22. The molecule has 0 aliphatic heterocycles. The lowest BCUT2D eigenvalue weighted by molar-refractivity contribution is -0.131. The van der Waals surface area contributed by atoms with E-state index in [0.29, 0.717) is 35.4 Å². The summed E-state index contributed by atoms with van der Waals surface area (Å²) < 4.78 is 11.9. The second kappa shape index (κ2) is 11.6. The number of ether oxygens (including phenoxy) is 2. The second-order valence-corrected chi connectivity index (χ2v) is 8.81. The van der Waals surface area contributed by atoms with Gasteiger partial charge in [-0.05, 0) is 65.2 Å². The maximum absolute atomic E-state index is 11.9. The molecule has 0 unspecified atom stereocenters. The van der Waals surface area contributed by atoms with E-state index in [9.17, 15) is 9.90 Å². The number of H-pyrrole nitrogens is 1. The van der Waals surface area contributed by atoms with E-state index in [1.807, 2.05) is 44.2 Å². The average Bonchev–Trinajstić information content (AvgIpc) is 3.30. The topological polar surface area (TPSA) is 97.3 Å². The molecule has 0 saturated heterocycles. The number of benzene rings is 3. The number of hydrogen-bond donors (Lipinski definition) is 2. The van der Waals surface area contributed by atoms with Crippen LogP contribution in [0.4, 0.5) is 0 Å². The number of thioether (sulfide) groups is 1. The van der Waals surface area contributed by atoms with E-state index in [4.69, 9.17) is 9.47 Å². The van der Waals surface area contributed by atoms with Crippen LogP contribution >= 0.6 is 11.8 Å². The van der Waals surface area contributed by atoms with Gasteiger partial charge in [-0.25, -0.2) is 9.78 Å². The molecule has 0 aliphatic carbocycles. The Hall–Kier alpha value is -3.78. The van der Waals surface area contributed by atoms with Gasteiger partial charge in [-0.3, -0.25) is 5.10 Å². The highest BCUT2D eigenvalue weighted by Crippen LogP contribution is 2.33. The standard InChI is InChI=1S/C27H27N3O4S/c1-3-8-25-28-27(30-29-25)35-24(26(31)32)16-18-13-14-22(23(15-18)33-4-2)34-17-20-11-7-10-19-9-5-6-12-21(19)20/h5-7,9-16H,3-4,8,17H2,1-2H3,(H,31,32)(H,28,29,30)/b24-16-. The number of carboxylic acid groups (broad SMARTS) is 1. The molecule has 4 rings (SSSR count). The third-order valence-electron chi connectivity index (χ3n) is 5.24. The van der Waals surface area contributed by atoms with Crippen LogP contribution in [0, 0.1) is 0 Å². The normalized spacial score (nSPS) is 11.5. The molecule has 0 amide bonds. The van der Waals surface area contributed by atoms with Crippen LogP contribution < -0.4 is 9.47 Å². The number of aromatic nitrogens is 3. The number of aliphatic carboxylic acids is 1. The van der Waals surface area contributed by atoms with Gasteiger partial charge in [-0.15, -0.1) is 5.10 Å². The van der Waals surface area contributed by atoms with Gasteiger partial charge in [0.1, 0.15) is 17.3 Å². The van der Waals surface area contributed by atoms with E-state index in [0.717, 1.165) is 46.8 Å². The van der Waals surface area contributed by atoms with Crippen molar-refractivity contribution in [2.75, 3.05) is 6.61 Å². The fraction of sp³-hybridized carbons (Fsp3) is 0.222. The zero-order chi connectivity index (χ0) is 24.6. The maximum atomic E-state index is 11.9. The number of carbonyl (C=O) groups is 1. The lowest BCUT2D eigenvalue weighted by Crippen LogP contribution is -2.01. The summed E-state index contributed by atoms with van der Waals surface area (Å²) in [7, 11) is 0. The fourth-order valence-corrected chi connectivity index (χ4v) is 4.36. The lowest BCUT2D eigenvalue weighted by Gasteiger charge is -2.14. The monoisotopic (exact) mass is 489 g/mol. The summed E-state index contributed by atoms with van der Waals surface area (Å²) in [5.74, 6) is 0.844. The summed E-state index contributed by atoms with van der Waals surface area (Å²) in [6.07, 6.45) is 3.27. The Kier molecular flexibility index (Phi) is 8.05. The first-order valence-corrected chi connectivity index (χ1v) is 12.3. The smallest absolute Gasteiger partial charge is 0.342 e. The Morgan fingerprint density at radius 3 is 2.69 bits per heavy atom. The SMILES string of the molecule is CCCc1nc(S/C(=C\c2ccc(OCc3cccc4ccccc34)c(OCC)c2)C(=O)O)n[nH]1. The van der Waals surface area contributed by atoms with E-state index in [1.54, 1.807) is 18.2 Å². The van der Waals surface area contributed by atoms with Crippen molar-refractivity contribution in [1.82, 2.24) is 15.2 Å². The molecule has 7 nitrogen and oxygen atoms in total. The second-order valence-electron chi connectivity index (χ2n) is 7.80. The molecule has 1 heterocycles. The minimum Gasteiger partial charge on any atom is -0.490 e. The highest BCUT2D eigenvalue weighted by atomic mass is 32.2. The fourth-order valence-electron chi connectivity index (χ4n) is 3.63. The van der Waals surface area contributed by atoms with Crippen LogP contribution in [0.5, 0.6) is 11.5 Å². The van der Waals surface area contributed by atoms with E-state index in [1.165, 1.54) is 0 Å². The van der Waals surface area contributed by atoms with Gasteiger partial charge in [-0.1, -0.05) is 55.5 Å². The van der Waals surface area contributed by atoms with Crippen molar-refractivity contribution in [3.05, 3.63) is 82.5 Å². The van der Waals surface area contributed by atoms with Gasteiger partial charge in [0.25, 0.3) is 0 Å². The number of rotatable bonds is 11. The van der Waals surface area contributed by atoms with Crippen molar-refractivity contribution in [2.45, 2.75) is 38.5 Å². The van der Waals surface area contributed by atoms with Crippen molar-refractivity contribution in [3.63, 3.8) is 0 Å². The number of fused-ring (bicyclic) bond motifs is 1. The number of nitrogens with zero attached hydrogens (tertiary/aromatic N) is 2. The van der Waals surface area contributed by atoms with Crippen LogP contribution in [-0.4, -0.2) is 32.9 Å². The number of aryl methyl sites for hydroxylation is 1. The van der Waals surface area contributed by atoms with Crippen molar-refractivity contribution in [1.29, 1.82) is 0 Å².